The minimum absolute atomic E-state index is 0.0445. The Morgan fingerprint density at radius 2 is 2.20 bits per heavy atom. The van der Waals surface area contributed by atoms with Crippen molar-refractivity contribution in [3.63, 3.8) is 0 Å². The number of aliphatic hydroxyl groups is 1. The molecule has 2 heterocycles. The van der Waals surface area contributed by atoms with Gasteiger partial charge in [-0.1, -0.05) is 0 Å². The number of nitriles is 1. The number of Topliss-reactive ketones (excluding diaryl/α,β-unsaturated/α-hetero) is 1. The number of fused-ring (bicyclic) bond motifs is 1. The second kappa shape index (κ2) is 6.11. The number of allylic oxidation sites excluding steroid dienone is 4. The molecule has 2 N–H and O–H groups in total. The SMILES string of the molecule is CC1=C(CC(=O)O)C2=C(F)C(O)=C(C(=O)c3csc(C#N)c3)CC2=N1. The van der Waals surface area contributed by atoms with Crippen LogP contribution in [0, 0.1) is 11.3 Å². The van der Waals surface area contributed by atoms with Crippen molar-refractivity contribution in [2.24, 2.45) is 4.99 Å². The molecule has 0 amide bonds. The number of aliphatic hydroxyl groups excluding tert-OH is 1. The van der Waals surface area contributed by atoms with Gasteiger partial charge in [0.15, 0.2) is 17.4 Å². The lowest BCUT2D eigenvalue weighted by Crippen LogP contribution is -2.19. The molecule has 0 aromatic carbocycles. The lowest BCUT2D eigenvalue weighted by molar-refractivity contribution is -0.136. The second-order valence-corrected chi connectivity index (χ2v) is 6.44. The molecule has 1 aromatic rings. The molecule has 0 saturated heterocycles. The van der Waals surface area contributed by atoms with Crippen molar-refractivity contribution in [3.05, 3.63) is 55.9 Å². The molecular formula is C17H11FN2O4S. The molecule has 0 saturated carbocycles. The maximum Gasteiger partial charge on any atom is 0.307 e. The number of carboxylic acid groups (broad SMARTS) is 1. The molecule has 0 atom stereocenters. The highest BCUT2D eigenvalue weighted by molar-refractivity contribution is 7.10. The van der Waals surface area contributed by atoms with Crippen molar-refractivity contribution in [3.8, 4) is 6.07 Å². The smallest absolute Gasteiger partial charge is 0.307 e. The maximum atomic E-state index is 14.7. The lowest BCUT2D eigenvalue weighted by Gasteiger charge is -2.18. The number of ketones is 1. The summed E-state index contributed by atoms with van der Waals surface area (Å²) in [5.41, 5.74) is 0.756. The van der Waals surface area contributed by atoms with Crippen LogP contribution in [-0.2, 0) is 4.79 Å². The van der Waals surface area contributed by atoms with Crippen molar-refractivity contribution in [2.75, 3.05) is 0 Å². The molecular weight excluding hydrogens is 347 g/mol. The van der Waals surface area contributed by atoms with Crippen LogP contribution in [0.4, 0.5) is 4.39 Å². The summed E-state index contributed by atoms with van der Waals surface area (Å²) in [4.78, 5) is 28.0. The third kappa shape index (κ3) is 2.79. The monoisotopic (exact) mass is 358 g/mol. The maximum absolute atomic E-state index is 14.7. The number of carbonyl (C=O) groups is 2. The van der Waals surface area contributed by atoms with Gasteiger partial charge in [-0.3, -0.25) is 14.6 Å². The van der Waals surface area contributed by atoms with Crippen LogP contribution < -0.4 is 0 Å². The van der Waals surface area contributed by atoms with Gasteiger partial charge in [-0.15, -0.1) is 11.3 Å². The van der Waals surface area contributed by atoms with Crippen LogP contribution >= 0.6 is 11.3 Å². The molecule has 1 aliphatic heterocycles. The quantitative estimate of drug-likeness (QED) is 0.801. The zero-order valence-electron chi connectivity index (χ0n) is 13.0. The van der Waals surface area contributed by atoms with Gasteiger partial charge in [0.1, 0.15) is 10.9 Å². The zero-order valence-corrected chi connectivity index (χ0v) is 13.8. The van der Waals surface area contributed by atoms with Crippen molar-refractivity contribution >= 4 is 28.8 Å². The van der Waals surface area contributed by atoms with Gasteiger partial charge in [0, 0.05) is 28.6 Å². The van der Waals surface area contributed by atoms with E-state index >= 15 is 0 Å². The first-order chi connectivity index (χ1) is 11.8. The van der Waals surface area contributed by atoms with E-state index in [9.17, 15) is 19.1 Å². The Balaban J connectivity index is 2.03. The Labute approximate surface area is 145 Å². The number of carbonyl (C=O) groups excluding carboxylic acids is 1. The third-order valence-electron chi connectivity index (χ3n) is 3.96. The highest BCUT2D eigenvalue weighted by Gasteiger charge is 2.36. The summed E-state index contributed by atoms with van der Waals surface area (Å²) in [7, 11) is 0. The standard InChI is InChI=1S/C17H11FN2O4S/c1-7-10(4-13(21)22)14-12(20-7)3-11(17(24)15(14)18)16(23)8-2-9(5-19)25-6-8/h2,6,24H,3-4H2,1H3,(H,21,22). The number of halogens is 1. The van der Waals surface area contributed by atoms with Crippen LogP contribution in [0.25, 0.3) is 0 Å². The average molecular weight is 358 g/mol. The molecule has 25 heavy (non-hydrogen) atoms. The third-order valence-corrected chi connectivity index (χ3v) is 4.80. The van der Waals surface area contributed by atoms with E-state index in [2.05, 4.69) is 4.99 Å². The van der Waals surface area contributed by atoms with Gasteiger partial charge in [0.2, 0.25) is 0 Å². The molecule has 0 fully saturated rings. The normalized spacial score (nSPS) is 16.8. The molecule has 1 aliphatic carbocycles. The number of aliphatic imine (C=N–C) groups is 1. The van der Waals surface area contributed by atoms with Gasteiger partial charge >= 0.3 is 5.97 Å². The fourth-order valence-electron chi connectivity index (χ4n) is 2.81. The van der Waals surface area contributed by atoms with E-state index in [4.69, 9.17) is 10.4 Å². The zero-order chi connectivity index (χ0) is 18.3. The average Bonchev–Trinajstić information content (AvgIpc) is 3.15. The van der Waals surface area contributed by atoms with Gasteiger partial charge in [-0.2, -0.15) is 5.26 Å². The van der Waals surface area contributed by atoms with Crippen molar-refractivity contribution in [1.82, 2.24) is 0 Å². The van der Waals surface area contributed by atoms with E-state index in [1.165, 1.54) is 11.4 Å². The van der Waals surface area contributed by atoms with E-state index in [0.29, 0.717) is 10.6 Å². The van der Waals surface area contributed by atoms with Crippen molar-refractivity contribution in [2.45, 2.75) is 19.8 Å². The largest absolute Gasteiger partial charge is 0.505 e. The first-order valence-corrected chi connectivity index (χ1v) is 8.06. The number of aliphatic carboxylic acids is 1. The molecule has 0 bridgehead atoms. The van der Waals surface area contributed by atoms with Crippen LogP contribution in [0.5, 0.6) is 0 Å². The van der Waals surface area contributed by atoms with Gasteiger partial charge in [-0.05, 0) is 18.6 Å². The van der Waals surface area contributed by atoms with E-state index in [1.54, 1.807) is 6.92 Å². The number of hydrogen-bond donors (Lipinski definition) is 2. The summed E-state index contributed by atoms with van der Waals surface area (Å²) < 4.78 is 14.7. The summed E-state index contributed by atoms with van der Waals surface area (Å²) in [5, 5.41) is 29.4. The Morgan fingerprint density at radius 1 is 1.48 bits per heavy atom. The number of hydrogen-bond acceptors (Lipinski definition) is 6. The molecule has 126 valence electrons. The van der Waals surface area contributed by atoms with Gasteiger partial charge in [-0.25, -0.2) is 4.39 Å². The Kier molecular flexibility index (Phi) is 4.10. The molecule has 0 spiro atoms. The predicted octanol–water partition coefficient (Wildman–Crippen LogP) is 3.45. The fourth-order valence-corrected chi connectivity index (χ4v) is 3.49. The van der Waals surface area contributed by atoms with Crippen LogP contribution in [0.15, 0.2) is 50.4 Å². The van der Waals surface area contributed by atoms with Crippen molar-refractivity contribution < 1.29 is 24.2 Å². The minimum atomic E-state index is -1.14. The molecule has 8 heteroatoms. The van der Waals surface area contributed by atoms with Gasteiger partial charge in [0.25, 0.3) is 0 Å². The summed E-state index contributed by atoms with van der Waals surface area (Å²) in [6.45, 7) is 1.56. The Bertz CT molecular complexity index is 989. The molecule has 3 rings (SSSR count). The number of thiophene rings is 1. The number of rotatable bonds is 4. The fraction of sp³-hybridized carbons (Fsp3) is 0.176. The first-order valence-electron chi connectivity index (χ1n) is 7.19. The van der Waals surface area contributed by atoms with Crippen LogP contribution in [0.1, 0.15) is 35.0 Å². The number of nitrogens with zero attached hydrogens (tertiary/aromatic N) is 2. The van der Waals surface area contributed by atoms with E-state index < -0.39 is 29.8 Å². The summed E-state index contributed by atoms with van der Waals surface area (Å²) in [6.07, 6.45) is -0.528. The topological polar surface area (TPSA) is 111 Å². The van der Waals surface area contributed by atoms with Crippen LogP contribution in [-0.4, -0.2) is 27.7 Å². The van der Waals surface area contributed by atoms with E-state index in [0.717, 1.165) is 11.3 Å². The van der Waals surface area contributed by atoms with Crippen molar-refractivity contribution in [1.29, 1.82) is 5.26 Å². The second-order valence-electron chi connectivity index (χ2n) is 5.53. The molecule has 2 aliphatic rings. The Hall–Kier alpha value is -3.05. The Morgan fingerprint density at radius 3 is 2.80 bits per heavy atom. The van der Waals surface area contributed by atoms with Crippen LogP contribution in [0.3, 0.4) is 0 Å². The molecule has 0 radical (unpaired) electrons. The highest BCUT2D eigenvalue weighted by Crippen LogP contribution is 2.40. The highest BCUT2D eigenvalue weighted by atomic mass is 32.1. The lowest BCUT2D eigenvalue weighted by atomic mass is 9.86. The minimum Gasteiger partial charge on any atom is -0.505 e. The number of carboxylic acids is 1. The predicted molar refractivity (Wildman–Crippen MR) is 88.2 cm³/mol. The summed E-state index contributed by atoms with van der Waals surface area (Å²) in [5.74, 6) is -3.58. The molecule has 6 nitrogen and oxygen atoms in total. The summed E-state index contributed by atoms with van der Waals surface area (Å²) >= 11 is 1.08. The first kappa shape index (κ1) is 16.8. The van der Waals surface area contributed by atoms with E-state index in [1.807, 2.05) is 6.07 Å². The summed E-state index contributed by atoms with van der Waals surface area (Å²) in [6, 6.07) is 3.29. The molecule has 1 aromatic heterocycles. The van der Waals surface area contributed by atoms with Crippen LogP contribution in [0.2, 0.25) is 0 Å². The van der Waals surface area contributed by atoms with Gasteiger partial charge < -0.3 is 10.2 Å². The van der Waals surface area contributed by atoms with E-state index in [-0.39, 0.29) is 34.4 Å². The molecule has 0 unspecified atom stereocenters. The van der Waals surface area contributed by atoms with Gasteiger partial charge in [0.05, 0.1) is 17.7 Å².